The van der Waals surface area contributed by atoms with E-state index in [9.17, 15) is 4.79 Å². The van der Waals surface area contributed by atoms with E-state index in [0.717, 1.165) is 38.5 Å². The second-order valence-corrected chi connectivity index (χ2v) is 7.80. The molecule has 3 aromatic carbocycles. The fourth-order valence-electron chi connectivity index (χ4n) is 4.06. The lowest BCUT2D eigenvalue weighted by atomic mass is 9.98. The summed E-state index contributed by atoms with van der Waals surface area (Å²) in [5.74, 6) is 0. The normalized spacial score (nSPS) is 11.4. The average molecular weight is 399 g/mol. The van der Waals surface area contributed by atoms with Gasteiger partial charge in [0, 0.05) is 29.2 Å². The molecular weight excluding hydrogens is 380 g/mol. The molecular formula is C25H19ClN2O. The van der Waals surface area contributed by atoms with E-state index in [4.69, 9.17) is 11.6 Å². The van der Waals surface area contributed by atoms with Crippen LogP contribution in [-0.4, -0.2) is 9.13 Å². The van der Waals surface area contributed by atoms with Crippen LogP contribution >= 0.6 is 11.6 Å². The molecule has 29 heavy (non-hydrogen) atoms. The number of nitrogens with zero attached hydrogens (tertiary/aromatic N) is 2. The maximum absolute atomic E-state index is 13.6. The third-order valence-electron chi connectivity index (χ3n) is 5.49. The molecule has 0 saturated heterocycles. The van der Waals surface area contributed by atoms with Crippen LogP contribution in [0.5, 0.6) is 0 Å². The molecule has 0 spiro atoms. The fraction of sp³-hybridized carbons (Fsp3) is 0.0800. The molecule has 0 aliphatic heterocycles. The summed E-state index contributed by atoms with van der Waals surface area (Å²) < 4.78 is 3.71. The lowest BCUT2D eigenvalue weighted by Gasteiger charge is -2.18. The zero-order chi connectivity index (χ0) is 20.1. The molecule has 0 bridgehead atoms. The van der Waals surface area contributed by atoms with Crippen molar-refractivity contribution in [2.75, 3.05) is 0 Å². The summed E-state index contributed by atoms with van der Waals surface area (Å²) in [5.41, 5.74) is 5.49. The monoisotopic (exact) mass is 398 g/mol. The van der Waals surface area contributed by atoms with Gasteiger partial charge in [0.15, 0.2) is 0 Å². The van der Waals surface area contributed by atoms with Crippen molar-refractivity contribution >= 4 is 33.4 Å². The summed E-state index contributed by atoms with van der Waals surface area (Å²) in [5, 5.41) is 2.70. The molecule has 5 aromatic rings. The van der Waals surface area contributed by atoms with Crippen molar-refractivity contribution in [3.8, 4) is 16.8 Å². The summed E-state index contributed by atoms with van der Waals surface area (Å²) in [6.07, 6.45) is 1.98. The van der Waals surface area contributed by atoms with E-state index in [0.29, 0.717) is 10.7 Å². The number of benzene rings is 3. The smallest absolute Gasteiger partial charge is 0.275 e. The molecule has 0 fully saturated rings. The van der Waals surface area contributed by atoms with E-state index in [1.807, 2.05) is 72.4 Å². The number of halogens is 1. The number of hydrogen-bond donors (Lipinski definition) is 0. The summed E-state index contributed by atoms with van der Waals surface area (Å²) in [7, 11) is 1.81. The van der Waals surface area contributed by atoms with Gasteiger partial charge in [0.25, 0.3) is 5.56 Å². The SMILES string of the molecule is Cc1ccc2ccn(-c3c(-c4ccccc4)c4cc(Cl)ccc4n(C)c3=O)c2c1. The van der Waals surface area contributed by atoms with Gasteiger partial charge >= 0.3 is 0 Å². The molecule has 0 saturated carbocycles. The number of aryl methyl sites for hydroxylation is 2. The van der Waals surface area contributed by atoms with Crippen LogP contribution in [0.4, 0.5) is 0 Å². The van der Waals surface area contributed by atoms with E-state index < -0.39 is 0 Å². The highest BCUT2D eigenvalue weighted by Gasteiger charge is 2.20. The van der Waals surface area contributed by atoms with Crippen molar-refractivity contribution in [1.29, 1.82) is 0 Å². The molecule has 2 aromatic heterocycles. The lowest BCUT2D eigenvalue weighted by molar-refractivity contribution is 0.885. The minimum Gasteiger partial charge on any atom is -0.311 e. The first-order valence-corrected chi connectivity index (χ1v) is 9.88. The molecule has 0 radical (unpaired) electrons. The van der Waals surface area contributed by atoms with Crippen molar-refractivity contribution in [3.63, 3.8) is 0 Å². The van der Waals surface area contributed by atoms with E-state index in [1.54, 1.807) is 4.57 Å². The van der Waals surface area contributed by atoms with Gasteiger partial charge in [-0.1, -0.05) is 54.1 Å². The van der Waals surface area contributed by atoms with Crippen LogP contribution < -0.4 is 5.56 Å². The number of rotatable bonds is 2. The van der Waals surface area contributed by atoms with E-state index in [2.05, 4.69) is 25.1 Å². The maximum Gasteiger partial charge on any atom is 0.275 e. The third-order valence-corrected chi connectivity index (χ3v) is 5.72. The highest BCUT2D eigenvalue weighted by atomic mass is 35.5. The van der Waals surface area contributed by atoms with Gasteiger partial charge in [-0.25, -0.2) is 0 Å². The van der Waals surface area contributed by atoms with Gasteiger partial charge < -0.3 is 9.13 Å². The first-order chi connectivity index (χ1) is 14.0. The van der Waals surface area contributed by atoms with Crippen LogP contribution in [0.1, 0.15) is 5.56 Å². The highest BCUT2D eigenvalue weighted by molar-refractivity contribution is 6.31. The minimum atomic E-state index is -0.0438. The Morgan fingerprint density at radius 1 is 0.862 bits per heavy atom. The molecule has 142 valence electrons. The van der Waals surface area contributed by atoms with Crippen LogP contribution in [0.3, 0.4) is 0 Å². The Bertz CT molecular complexity index is 1450. The summed E-state index contributed by atoms with van der Waals surface area (Å²) >= 11 is 6.37. The fourth-order valence-corrected chi connectivity index (χ4v) is 4.23. The predicted molar refractivity (Wildman–Crippen MR) is 121 cm³/mol. The molecule has 0 aliphatic carbocycles. The quantitative estimate of drug-likeness (QED) is 0.352. The molecule has 0 amide bonds. The van der Waals surface area contributed by atoms with E-state index in [-0.39, 0.29) is 5.56 Å². The Balaban J connectivity index is 2.01. The first-order valence-electron chi connectivity index (χ1n) is 9.50. The summed E-state index contributed by atoms with van der Waals surface area (Å²) in [6.45, 7) is 2.06. The molecule has 4 heteroatoms. The van der Waals surface area contributed by atoms with Gasteiger partial charge in [0.05, 0.1) is 11.0 Å². The average Bonchev–Trinajstić information content (AvgIpc) is 3.13. The van der Waals surface area contributed by atoms with Crippen molar-refractivity contribution in [2.45, 2.75) is 6.92 Å². The molecule has 2 heterocycles. The molecule has 3 nitrogen and oxygen atoms in total. The van der Waals surface area contributed by atoms with Gasteiger partial charge in [-0.2, -0.15) is 0 Å². The highest BCUT2D eigenvalue weighted by Crippen LogP contribution is 2.35. The Kier molecular flexibility index (Phi) is 4.07. The molecule has 0 N–H and O–H groups in total. The maximum atomic E-state index is 13.6. The van der Waals surface area contributed by atoms with Crippen molar-refractivity contribution in [2.24, 2.45) is 7.05 Å². The second kappa shape index (κ2) is 6.64. The molecule has 0 aliphatic rings. The van der Waals surface area contributed by atoms with Gasteiger partial charge in [0.1, 0.15) is 5.69 Å². The summed E-state index contributed by atoms with van der Waals surface area (Å²) in [4.78, 5) is 13.6. The van der Waals surface area contributed by atoms with E-state index >= 15 is 0 Å². The van der Waals surface area contributed by atoms with Crippen LogP contribution in [0.25, 0.3) is 38.6 Å². The first kappa shape index (κ1) is 17.8. The predicted octanol–water partition coefficient (Wildman–Crippen LogP) is 6.11. The molecule has 5 rings (SSSR count). The Hall–Kier alpha value is -3.30. The van der Waals surface area contributed by atoms with Crippen LogP contribution in [0.2, 0.25) is 5.02 Å². The van der Waals surface area contributed by atoms with Gasteiger partial charge in [-0.05, 0) is 53.8 Å². The Morgan fingerprint density at radius 2 is 1.66 bits per heavy atom. The van der Waals surface area contributed by atoms with Gasteiger partial charge in [-0.3, -0.25) is 4.79 Å². The second-order valence-electron chi connectivity index (χ2n) is 7.36. The zero-order valence-corrected chi connectivity index (χ0v) is 16.9. The third kappa shape index (κ3) is 2.78. The Morgan fingerprint density at radius 3 is 2.45 bits per heavy atom. The van der Waals surface area contributed by atoms with Crippen molar-refractivity contribution < 1.29 is 0 Å². The topological polar surface area (TPSA) is 26.9 Å². The number of hydrogen-bond acceptors (Lipinski definition) is 1. The van der Waals surface area contributed by atoms with Crippen LogP contribution in [0, 0.1) is 6.92 Å². The molecule has 0 atom stereocenters. The standard InChI is InChI=1S/C25H19ClN2O/c1-16-8-9-17-12-13-28(22(17)14-16)24-23(18-6-4-3-5-7-18)20-15-19(26)10-11-21(20)27(2)25(24)29/h3-15H,1-2H3. The minimum absolute atomic E-state index is 0.0438. The van der Waals surface area contributed by atoms with Crippen LogP contribution in [0.15, 0.2) is 83.8 Å². The number of pyridine rings is 1. The van der Waals surface area contributed by atoms with Gasteiger partial charge in [0.2, 0.25) is 0 Å². The number of fused-ring (bicyclic) bond motifs is 2. The van der Waals surface area contributed by atoms with Gasteiger partial charge in [-0.15, -0.1) is 0 Å². The Labute approximate surface area is 173 Å². The van der Waals surface area contributed by atoms with Crippen molar-refractivity contribution in [1.82, 2.24) is 9.13 Å². The lowest BCUT2D eigenvalue weighted by Crippen LogP contribution is -2.23. The summed E-state index contributed by atoms with van der Waals surface area (Å²) in [6, 6.07) is 24.1. The zero-order valence-electron chi connectivity index (χ0n) is 16.2. The van der Waals surface area contributed by atoms with Crippen molar-refractivity contribution in [3.05, 3.63) is 99.9 Å². The van der Waals surface area contributed by atoms with Crippen LogP contribution in [-0.2, 0) is 7.05 Å². The molecule has 0 unspecified atom stereocenters. The number of aromatic nitrogens is 2. The largest absolute Gasteiger partial charge is 0.311 e. The van der Waals surface area contributed by atoms with E-state index in [1.165, 1.54) is 0 Å².